The summed E-state index contributed by atoms with van der Waals surface area (Å²) in [5.41, 5.74) is 2.14. The van der Waals surface area contributed by atoms with Gasteiger partial charge < -0.3 is 9.90 Å². The quantitative estimate of drug-likeness (QED) is 0.626. The molecule has 8 heteroatoms. The Balaban J connectivity index is 0.00000225. The van der Waals surface area contributed by atoms with E-state index in [4.69, 9.17) is 11.6 Å². The summed E-state index contributed by atoms with van der Waals surface area (Å²) in [6.45, 7) is 0.292. The minimum atomic E-state index is -3.59. The molecule has 1 aliphatic carbocycles. The zero-order valence-electron chi connectivity index (χ0n) is 13.7. The van der Waals surface area contributed by atoms with Gasteiger partial charge >= 0.3 is 29.6 Å². The number of nitrogens with one attached hydrogen (secondary N) is 1. The first-order valence-corrected chi connectivity index (χ1v) is 9.29. The summed E-state index contributed by atoms with van der Waals surface area (Å²) in [6, 6.07) is 10.9. The number of carbonyl (C=O) groups is 1. The Bertz CT molecular complexity index is 884. The number of fused-ring (bicyclic) bond motifs is 1. The molecule has 0 aliphatic heterocycles. The molecule has 0 amide bonds. The third-order valence-corrected chi connectivity index (χ3v) is 5.84. The van der Waals surface area contributed by atoms with Crippen LogP contribution < -0.4 is 39.4 Å². The maximum atomic E-state index is 12.3. The Hall–Kier alpha value is -0.890. The zero-order valence-corrected chi connectivity index (χ0v) is 17.2. The van der Waals surface area contributed by atoms with Gasteiger partial charge in [-0.1, -0.05) is 23.7 Å². The summed E-state index contributed by atoms with van der Waals surface area (Å²) < 4.78 is 27.2. The zero-order chi connectivity index (χ0) is 17.3. The van der Waals surface area contributed by atoms with Gasteiger partial charge in [-0.3, -0.25) is 0 Å². The molecule has 25 heavy (non-hydrogen) atoms. The van der Waals surface area contributed by atoms with Crippen LogP contribution in [0.4, 0.5) is 0 Å². The predicted octanol–water partition coefficient (Wildman–Crippen LogP) is -1.60. The Labute approximate surface area is 173 Å². The molecule has 1 atom stereocenters. The first-order chi connectivity index (χ1) is 11.3. The fourth-order valence-corrected chi connectivity index (χ4v) is 4.15. The molecule has 1 unspecified atom stereocenters. The van der Waals surface area contributed by atoms with Crippen molar-refractivity contribution in [3.8, 4) is 0 Å². The fourth-order valence-electron chi connectivity index (χ4n) is 2.91. The van der Waals surface area contributed by atoms with Crippen molar-refractivity contribution in [2.24, 2.45) is 5.92 Å². The number of hydrogen-bond acceptors (Lipinski definition) is 4. The summed E-state index contributed by atoms with van der Waals surface area (Å²) >= 11 is 5.77. The van der Waals surface area contributed by atoms with E-state index in [1.165, 1.54) is 30.3 Å². The molecule has 0 saturated heterocycles. The van der Waals surface area contributed by atoms with Crippen molar-refractivity contribution in [2.45, 2.75) is 17.7 Å². The summed E-state index contributed by atoms with van der Waals surface area (Å²) in [5.74, 6) is -1.11. The Morgan fingerprint density at radius 2 is 1.76 bits per heavy atom. The largest absolute Gasteiger partial charge is 1.00 e. The molecule has 1 aliphatic rings. The average molecular weight is 388 g/mol. The van der Waals surface area contributed by atoms with Gasteiger partial charge in [-0.05, 0) is 65.8 Å². The number of carboxylic acid groups (broad SMARTS) is 1. The van der Waals surface area contributed by atoms with Crippen LogP contribution in [0.2, 0.25) is 5.02 Å². The second-order valence-corrected chi connectivity index (χ2v) is 8.05. The van der Waals surface area contributed by atoms with Gasteiger partial charge in [-0.2, -0.15) is 0 Å². The summed E-state index contributed by atoms with van der Waals surface area (Å²) in [4.78, 5) is 11.1. The second-order valence-electron chi connectivity index (χ2n) is 5.85. The van der Waals surface area contributed by atoms with Crippen molar-refractivity contribution in [3.63, 3.8) is 0 Å². The van der Waals surface area contributed by atoms with Crippen LogP contribution in [0.1, 0.15) is 21.5 Å². The van der Waals surface area contributed by atoms with Crippen LogP contribution in [0.15, 0.2) is 47.4 Å². The first kappa shape index (κ1) is 20.4. The van der Waals surface area contributed by atoms with E-state index >= 15 is 0 Å². The molecular formula is C17H15ClNNaO4S. The van der Waals surface area contributed by atoms with Gasteiger partial charge in [0.25, 0.3) is 0 Å². The van der Waals surface area contributed by atoms with Gasteiger partial charge in [0.15, 0.2) is 0 Å². The van der Waals surface area contributed by atoms with Crippen molar-refractivity contribution in [1.29, 1.82) is 0 Å². The molecule has 126 valence electrons. The van der Waals surface area contributed by atoms with E-state index in [0.29, 0.717) is 24.4 Å². The van der Waals surface area contributed by atoms with Gasteiger partial charge in [-0.15, -0.1) is 0 Å². The number of rotatable bonds is 5. The predicted molar refractivity (Wildman–Crippen MR) is 88.3 cm³/mol. The van der Waals surface area contributed by atoms with Crippen molar-refractivity contribution >= 4 is 27.6 Å². The van der Waals surface area contributed by atoms with E-state index in [1.807, 2.05) is 0 Å². The third-order valence-electron chi connectivity index (χ3n) is 4.15. The van der Waals surface area contributed by atoms with E-state index in [9.17, 15) is 18.3 Å². The summed E-state index contributed by atoms with van der Waals surface area (Å²) in [5, 5.41) is 11.4. The minimum absolute atomic E-state index is 0. The second kappa shape index (κ2) is 8.20. The van der Waals surface area contributed by atoms with Gasteiger partial charge in [0.1, 0.15) is 0 Å². The van der Waals surface area contributed by atoms with E-state index in [1.54, 1.807) is 12.1 Å². The number of halogens is 1. The standard InChI is InChI=1S/C17H16ClNO4S.Na/c18-15-3-5-16(6-4-15)24(22,23)19-10-11-7-12-1-2-13(17(20)21)9-14(12)8-11;/h1-6,9,11,19H,7-8,10H2,(H,20,21);/q;+1/p-1. The summed E-state index contributed by atoms with van der Waals surface area (Å²) in [7, 11) is -3.59. The van der Waals surface area contributed by atoms with Crippen LogP contribution >= 0.6 is 11.6 Å². The molecule has 2 aromatic rings. The molecule has 0 aromatic heterocycles. The summed E-state index contributed by atoms with van der Waals surface area (Å²) in [6.07, 6.45) is 1.35. The van der Waals surface area contributed by atoms with Gasteiger partial charge in [0.05, 0.1) is 10.9 Å². The van der Waals surface area contributed by atoms with Crippen molar-refractivity contribution < 1.29 is 47.9 Å². The molecule has 0 fully saturated rings. The van der Waals surface area contributed by atoms with E-state index < -0.39 is 16.0 Å². The molecule has 1 N–H and O–H groups in total. The van der Waals surface area contributed by atoms with Crippen LogP contribution in [0.3, 0.4) is 0 Å². The first-order valence-electron chi connectivity index (χ1n) is 7.43. The van der Waals surface area contributed by atoms with Crippen LogP contribution in [-0.2, 0) is 22.9 Å². The van der Waals surface area contributed by atoms with Crippen molar-refractivity contribution in [1.82, 2.24) is 4.72 Å². The Kier molecular flexibility index (Phi) is 6.70. The fraction of sp³-hybridized carbons (Fsp3) is 0.235. The maximum absolute atomic E-state index is 12.3. The molecule has 0 bridgehead atoms. The van der Waals surface area contributed by atoms with E-state index in [-0.39, 0.29) is 45.9 Å². The molecule has 0 saturated carbocycles. The molecule has 2 aromatic carbocycles. The number of sulfonamides is 1. The van der Waals surface area contributed by atoms with Crippen LogP contribution in [0, 0.1) is 5.92 Å². The molecule has 0 spiro atoms. The monoisotopic (exact) mass is 387 g/mol. The SMILES string of the molecule is O=C([O-])c1ccc2c(c1)CC(CNS(=O)(=O)c1ccc(Cl)cc1)C2.[Na+]. The molecular weight excluding hydrogens is 373 g/mol. The molecule has 3 rings (SSSR count). The van der Waals surface area contributed by atoms with Crippen molar-refractivity contribution in [2.75, 3.05) is 6.54 Å². The van der Waals surface area contributed by atoms with E-state index in [0.717, 1.165) is 11.1 Å². The van der Waals surface area contributed by atoms with Crippen LogP contribution in [0.5, 0.6) is 0 Å². The smallest absolute Gasteiger partial charge is 0.545 e. The van der Waals surface area contributed by atoms with Gasteiger partial charge in [-0.25, -0.2) is 13.1 Å². The molecule has 0 heterocycles. The number of aromatic carboxylic acids is 1. The van der Waals surface area contributed by atoms with Crippen LogP contribution in [0.25, 0.3) is 0 Å². The van der Waals surface area contributed by atoms with Crippen molar-refractivity contribution in [3.05, 3.63) is 64.2 Å². The molecule has 5 nitrogen and oxygen atoms in total. The number of carbonyl (C=O) groups excluding carboxylic acids is 1. The third kappa shape index (κ3) is 4.84. The maximum Gasteiger partial charge on any atom is 1.00 e. The van der Waals surface area contributed by atoms with Gasteiger partial charge in [0.2, 0.25) is 10.0 Å². The Morgan fingerprint density at radius 3 is 2.40 bits per heavy atom. The number of benzene rings is 2. The normalized spacial score (nSPS) is 16.1. The van der Waals surface area contributed by atoms with E-state index in [2.05, 4.69) is 4.72 Å². The minimum Gasteiger partial charge on any atom is -0.545 e. The number of carboxylic acids is 1. The average Bonchev–Trinajstić information content (AvgIpc) is 2.95. The topological polar surface area (TPSA) is 86.3 Å². The van der Waals surface area contributed by atoms with Gasteiger partial charge in [0, 0.05) is 11.6 Å². The molecule has 0 radical (unpaired) electrons. The van der Waals surface area contributed by atoms with Crippen LogP contribution in [-0.4, -0.2) is 20.9 Å². The number of hydrogen-bond donors (Lipinski definition) is 1. The Morgan fingerprint density at radius 1 is 1.12 bits per heavy atom.